The van der Waals surface area contributed by atoms with Crippen molar-refractivity contribution in [3.05, 3.63) is 66.2 Å². The largest absolute Gasteiger partial charge is 0.361 e. The van der Waals surface area contributed by atoms with Crippen molar-refractivity contribution in [2.24, 2.45) is 4.99 Å². The van der Waals surface area contributed by atoms with Gasteiger partial charge in [-0.25, -0.2) is 4.99 Å². The highest BCUT2D eigenvalue weighted by molar-refractivity contribution is 7.80. The third-order valence-corrected chi connectivity index (χ3v) is 3.59. The topological polar surface area (TPSA) is 36.4 Å². The van der Waals surface area contributed by atoms with Gasteiger partial charge in [0.25, 0.3) is 0 Å². The molecule has 0 bridgehead atoms. The van der Waals surface area contributed by atoms with Gasteiger partial charge in [0, 0.05) is 17.8 Å². The van der Waals surface area contributed by atoms with E-state index in [4.69, 9.17) is 12.2 Å². The van der Waals surface area contributed by atoms with Crippen LogP contribution in [0.5, 0.6) is 0 Å². The Balaban J connectivity index is 2.10. The smallest absolute Gasteiger partial charge is 0.194 e. The number of nitrogens with one attached hydrogen (secondary N) is 2. The van der Waals surface area contributed by atoms with Gasteiger partial charge in [0.05, 0.1) is 0 Å². The molecule has 0 saturated carbocycles. The van der Waals surface area contributed by atoms with E-state index in [0.717, 1.165) is 30.1 Å². The van der Waals surface area contributed by atoms with Crippen LogP contribution in [0.3, 0.4) is 0 Å². The fraction of sp³-hybridized carbons (Fsp3) is 0.263. The zero-order valence-corrected chi connectivity index (χ0v) is 14.3. The molecule has 0 unspecified atom stereocenters. The zero-order valence-electron chi connectivity index (χ0n) is 13.5. The van der Waals surface area contributed by atoms with Crippen LogP contribution in [-0.4, -0.2) is 17.5 Å². The molecule has 0 saturated heterocycles. The molecular formula is C19H23N3S. The van der Waals surface area contributed by atoms with E-state index < -0.39 is 0 Å². The first-order valence-corrected chi connectivity index (χ1v) is 8.44. The molecule has 0 spiro atoms. The number of aliphatic imine (C=N–C) groups is 1. The summed E-state index contributed by atoms with van der Waals surface area (Å²) in [6.45, 7) is 3.05. The quantitative estimate of drug-likeness (QED) is 0.352. The average molecular weight is 325 g/mol. The number of hydrogen-bond acceptors (Lipinski definition) is 1. The Morgan fingerprint density at radius 1 is 0.957 bits per heavy atom. The molecule has 3 nitrogen and oxygen atoms in total. The lowest BCUT2D eigenvalue weighted by atomic mass is 10.2. The van der Waals surface area contributed by atoms with E-state index >= 15 is 0 Å². The van der Waals surface area contributed by atoms with Gasteiger partial charge >= 0.3 is 0 Å². The van der Waals surface area contributed by atoms with E-state index in [9.17, 15) is 0 Å². The highest BCUT2D eigenvalue weighted by Crippen LogP contribution is 2.09. The van der Waals surface area contributed by atoms with Gasteiger partial charge in [-0.2, -0.15) is 0 Å². The third-order valence-electron chi connectivity index (χ3n) is 3.35. The minimum atomic E-state index is 0.517. The summed E-state index contributed by atoms with van der Waals surface area (Å²) in [6, 6.07) is 20.0. The van der Waals surface area contributed by atoms with Gasteiger partial charge in [-0.1, -0.05) is 68.3 Å². The van der Waals surface area contributed by atoms with Crippen molar-refractivity contribution in [3.63, 3.8) is 0 Å². The summed E-state index contributed by atoms with van der Waals surface area (Å²) in [4.78, 5) is 4.57. The van der Waals surface area contributed by atoms with Crippen LogP contribution in [0.15, 0.2) is 65.7 Å². The van der Waals surface area contributed by atoms with Crippen molar-refractivity contribution >= 4 is 28.9 Å². The van der Waals surface area contributed by atoms with E-state index in [-0.39, 0.29) is 0 Å². The van der Waals surface area contributed by atoms with Crippen molar-refractivity contribution in [1.82, 2.24) is 5.32 Å². The lowest BCUT2D eigenvalue weighted by Crippen LogP contribution is -2.24. The Labute approximate surface area is 143 Å². The number of benzene rings is 2. The number of rotatable bonds is 6. The molecule has 0 aromatic heterocycles. The second-order valence-electron chi connectivity index (χ2n) is 5.26. The second-order valence-corrected chi connectivity index (χ2v) is 5.64. The van der Waals surface area contributed by atoms with E-state index in [2.05, 4.69) is 22.5 Å². The number of anilines is 1. The van der Waals surface area contributed by atoms with Gasteiger partial charge < -0.3 is 10.6 Å². The van der Waals surface area contributed by atoms with Crippen LogP contribution in [0.2, 0.25) is 0 Å². The van der Waals surface area contributed by atoms with Crippen LogP contribution in [0, 0.1) is 0 Å². The standard InChI is InChI=1S/C19H23N3S/c1-2-3-10-15-20-19(23)22-18(16-11-6-4-7-12-16)21-17-13-8-5-9-14-17/h4-9,11-14H,2-3,10,15H2,1H3,(H2,20,21,22,23). The van der Waals surface area contributed by atoms with Gasteiger partial charge in [0.15, 0.2) is 5.11 Å². The van der Waals surface area contributed by atoms with Gasteiger partial charge in [-0.05, 0) is 30.8 Å². The van der Waals surface area contributed by atoms with Crippen LogP contribution in [0.25, 0.3) is 0 Å². The fourth-order valence-electron chi connectivity index (χ4n) is 2.13. The van der Waals surface area contributed by atoms with Crippen LogP contribution in [0.4, 0.5) is 5.69 Å². The predicted octanol–water partition coefficient (Wildman–Crippen LogP) is 4.61. The number of nitrogens with zero attached hydrogens (tertiary/aromatic N) is 1. The van der Waals surface area contributed by atoms with Crippen LogP contribution >= 0.6 is 12.2 Å². The molecular weight excluding hydrogens is 302 g/mol. The molecule has 2 aromatic carbocycles. The molecule has 2 aromatic rings. The average Bonchev–Trinajstić information content (AvgIpc) is 2.60. The Kier molecular flexibility index (Phi) is 7.27. The number of unbranched alkanes of at least 4 members (excludes halogenated alkanes) is 2. The van der Waals surface area contributed by atoms with Gasteiger partial charge in [0.2, 0.25) is 0 Å². The minimum Gasteiger partial charge on any atom is -0.361 e. The number of para-hydroxylation sites is 1. The molecule has 2 N–H and O–H groups in total. The van der Waals surface area contributed by atoms with E-state index in [1.54, 1.807) is 0 Å². The summed E-state index contributed by atoms with van der Waals surface area (Å²) in [5, 5.41) is 7.07. The number of hydrogen-bond donors (Lipinski definition) is 2. The van der Waals surface area contributed by atoms with E-state index in [0.29, 0.717) is 5.11 Å². The molecule has 0 fully saturated rings. The normalized spacial score (nSPS) is 11.1. The monoisotopic (exact) mass is 325 g/mol. The predicted molar refractivity (Wildman–Crippen MR) is 103 cm³/mol. The highest BCUT2D eigenvalue weighted by Gasteiger charge is 2.05. The number of thiocarbonyl (C=S) groups is 1. The summed E-state index contributed by atoms with van der Waals surface area (Å²) in [6.07, 6.45) is 3.51. The maximum absolute atomic E-state index is 5.36. The molecule has 0 atom stereocenters. The maximum Gasteiger partial charge on any atom is 0.194 e. The Morgan fingerprint density at radius 3 is 2.26 bits per heavy atom. The Hall–Kier alpha value is -2.20. The van der Waals surface area contributed by atoms with Gasteiger partial charge in [0.1, 0.15) is 5.84 Å². The van der Waals surface area contributed by atoms with Crippen molar-refractivity contribution in [2.45, 2.75) is 26.2 Å². The zero-order chi connectivity index (χ0) is 16.3. The molecule has 0 radical (unpaired) electrons. The summed E-state index contributed by atoms with van der Waals surface area (Å²) in [5.74, 6) is 0.754. The minimum absolute atomic E-state index is 0.517. The summed E-state index contributed by atoms with van der Waals surface area (Å²) in [5.41, 5.74) is 2.00. The van der Waals surface area contributed by atoms with E-state index in [1.807, 2.05) is 60.7 Å². The Bertz CT molecular complexity index is 624. The lowest BCUT2D eigenvalue weighted by Gasteiger charge is -2.11. The molecule has 120 valence electrons. The first kappa shape index (κ1) is 17.2. The Morgan fingerprint density at radius 2 is 1.61 bits per heavy atom. The maximum atomic E-state index is 5.36. The molecule has 2 rings (SSSR count). The fourth-order valence-corrected chi connectivity index (χ4v) is 2.32. The summed E-state index contributed by atoms with van der Waals surface area (Å²) >= 11 is 5.36. The molecule has 23 heavy (non-hydrogen) atoms. The highest BCUT2D eigenvalue weighted by atomic mass is 32.1. The summed E-state index contributed by atoms with van der Waals surface area (Å²) < 4.78 is 0. The molecule has 0 amide bonds. The number of amidine groups is 1. The second kappa shape index (κ2) is 9.74. The van der Waals surface area contributed by atoms with Crippen molar-refractivity contribution in [1.29, 1.82) is 0 Å². The molecule has 0 heterocycles. The lowest BCUT2D eigenvalue weighted by molar-refractivity contribution is 0.697. The van der Waals surface area contributed by atoms with E-state index in [1.165, 1.54) is 12.8 Å². The van der Waals surface area contributed by atoms with Crippen molar-refractivity contribution in [2.75, 3.05) is 11.9 Å². The van der Waals surface area contributed by atoms with Crippen molar-refractivity contribution < 1.29 is 0 Å². The summed E-state index contributed by atoms with van der Waals surface area (Å²) in [7, 11) is 0. The van der Waals surface area contributed by atoms with Crippen LogP contribution < -0.4 is 10.6 Å². The van der Waals surface area contributed by atoms with Gasteiger partial charge in [-0.15, -0.1) is 0 Å². The molecule has 0 aliphatic rings. The first-order valence-electron chi connectivity index (χ1n) is 8.03. The third kappa shape index (κ3) is 6.20. The van der Waals surface area contributed by atoms with Gasteiger partial charge in [-0.3, -0.25) is 0 Å². The molecule has 0 aliphatic heterocycles. The SMILES string of the molecule is CCCCCNC(=S)/N=C(\Nc1ccccc1)c1ccccc1. The van der Waals surface area contributed by atoms with Crippen molar-refractivity contribution in [3.8, 4) is 0 Å². The first-order chi connectivity index (χ1) is 11.3. The molecule has 0 aliphatic carbocycles. The van der Waals surface area contributed by atoms with Crippen LogP contribution in [0.1, 0.15) is 31.7 Å². The molecule has 4 heteroatoms. The van der Waals surface area contributed by atoms with Crippen LogP contribution in [-0.2, 0) is 0 Å².